The molecule has 4 aromatic rings. The number of aryl methyl sites for hydroxylation is 2. The number of carbonyl (C=O) groups is 1. The van der Waals surface area contributed by atoms with Crippen molar-refractivity contribution in [1.82, 2.24) is 24.3 Å². The Balaban J connectivity index is 1.62. The fourth-order valence-electron chi connectivity index (χ4n) is 4.68. The molecule has 1 amide bonds. The fourth-order valence-corrected chi connectivity index (χ4v) is 4.68. The molecule has 4 heterocycles. The van der Waals surface area contributed by atoms with Gasteiger partial charge in [-0.2, -0.15) is 10.4 Å². The minimum Gasteiger partial charge on any atom is -0.378 e. The zero-order chi connectivity index (χ0) is 23.1. The van der Waals surface area contributed by atoms with E-state index in [9.17, 15) is 10.1 Å². The van der Waals surface area contributed by atoms with Crippen molar-refractivity contribution < 1.29 is 9.53 Å². The smallest absolute Gasteiger partial charge is 0.232 e. The van der Waals surface area contributed by atoms with Crippen LogP contribution in [-0.4, -0.2) is 42.9 Å². The summed E-state index contributed by atoms with van der Waals surface area (Å²) >= 11 is 0. The number of hydrogen-bond acceptors (Lipinski definition) is 6. The highest BCUT2D eigenvalue weighted by atomic mass is 16.5. The number of nitrogens with one attached hydrogen (secondary N) is 1. The number of aromatic nitrogens is 5. The van der Waals surface area contributed by atoms with Gasteiger partial charge in [0.15, 0.2) is 0 Å². The van der Waals surface area contributed by atoms with E-state index in [0.717, 1.165) is 40.5 Å². The quantitative estimate of drug-likeness (QED) is 0.517. The molecule has 1 aliphatic heterocycles. The molecule has 2 unspecified atom stereocenters. The summed E-state index contributed by atoms with van der Waals surface area (Å²) in [6.45, 7) is 4.58. The molecule has 0 spiro atoms. The largest absolute Gasteiger partial charge is 0.378 e. The third-order valence-corrected chi connectivity index (χ3v) is 6.15. The van der Waals surface area contributed by atoms with E-state index in [2.05, 4.69) is 33.0 Å². The van der Waals surface area contributed by atoms with E-state index in [1.54, 1.807) is 23.1 Å². The minimum absolute atomic E-state index is 0.115. The lowest BCUT2D eigenvalue weighted by Crippen LogP contribution is -2.27. The third-order valence-electron chi connectivity index (χ3n) is 6.15. The van der Waals surface area contributed by atoms with Crippen LogP contribution in [0.2, 0.25) is 0 Å². The van der Waals surface area contributed by atoms with Gasteiger partial charge in [-0.3, -0.25) is 14.5 Å². The number of amides is 1. The maximum Gasteiger partial charge on any atom is 0.232 e. The Labute approximate surface area is 191 Å². The number of ether oxygens (including phenoxy) is 1. The van der Waals surface area contributed by atoms with Crippen molar-refractivity contribution in [2.24, 2.45) is 7.05 Å². The molecule has 168 valence electrons. The summed E-state index contributed by atoms with van der Waals surface area (Å²) in [6.07, 6.45) is 5.42. The number of nitrogens with zero attached hydrogens (tertiary/aromatic N) is 6. The maximum absolute atomic E-state index is 13.0. The number of carbonyl (C=O) groups excluding carboxylic acids is 1. The van der Waals surface area contributed by atoms with Crippen LogP contribution in [0.4, 0.5) is 5.69 Å². The first-order chi connectivity index (χ1) is 15.9. The van der Waals surface area contributed by atoms with E-state index in [1.807, 2.05) is 26.1 Å². The Bertz CT molecular complexity index is 1410. The average molecular weight is 444 g/mol. The molecule has 9 nitrogen and oxygen atoms in total. The summed E-state index contributed by atoms with van der Waals surface area (Å²) in [5.41, 5.74) is 4.45. The number of anilines is 1. The van der Waals surface area contributed by atoms with Crippen molar-refractivity contribution in [2.45, 2.75) is 45.3 Å². The van der Waals surface area contributed by atoms with Gasteiger partial charge in [-0.05, 0) is 44.9 Å². The summed E-state index contributed by atoms with van der Waals surface area (Å²) in [5, 5.41) is 17.6. The Morgan fingerprint density at radius 1 is 1.36 bits per heavy atom. The van der Waals surface area contributed by atoms with E-state index in [4.69, 9.17) is 9.72 Å². The first-order valence-electron chi connectivity index (χ1n) is 11.0. The van der Waals surface area contributed by atoms with E-state index >= 15 is 0 Å². The highest BCUT2D eigenvalue weighted by Gasteiger charge is 2.27. The van der Waals surface area contributed by atoms with Crippen molar-refractivity contribution in [3.63, 3.8) is 0 Å². The number of benzene rings is 1. The lowest BCUT2D eigenvalue weighted by molar-refractivity contribution is -0.115. The van der Waals surface area contributed by atoms with Gasteiger partial charge >= 0.3 is 0 Å². The highest BCUT2D eigenvalue weighted by molar-refractivity contribution is 6.03. The van der Waals surface area contributed by atoms with Crippen LogP contribution in [0.5, 0.6) is 0 Å². The summed E-state index contributed by atoms with van der Waals surface area (Å²) < 4.78 is 9.63. The van der Waals surface area contributed by atoms with Crippen LogP contribution >= 0.6 is 0 Å². The molecule has 1 aromatic carbocycles. The van der Waals surface area contributed by atoms with Crippen LogP contribution in [-0.2, 0) is 23.0 Å². The molecule has 33 heavy (non-hydrogen) atoms. The van der Waals surface area contributed by atoms with E-state index in [0.29, 0.717) is 23.7 Å². The number of rotatable bonds is 4. The number of hydrogen-bond donors (Lipinski definition) is 1. The molecule has 0 saturated carbocycles. The fraction of sp³-hybridized carbons (Fsp3) is 0.375. The Morgan fingerprint density at radius 3 is 2.94 bits per heavy atom. The van der Waals surface area contributed by atoms with Crippen LogP contribution in [0.15, 0.2) is 30.6 Å². The lowest BCUT2D eigenvalue weighted by atomic mass is 10.0. The first-order valence-corrected chi connectivity index (χ1v) is 11.0. The van der Waals surface area contributed by atoms with E-state index in [-0.39, 0.29) is 24.5 Å². The number of imidazole rings is 1. The standard InChI is InChI=1S/C24H25N7O2/c1-14-8-17(6-7-33-14)31-22(10-23(32)28-21-13-30(3)29-15(21)2)27-20-12-26-19-5-4-16(11-25)9-18(19)24(20)31/h4-5,9,12-14,17H,6-8,10H2,1-3H3,(H,28,32). The van der Waals surface area contributed by atoms with Gasteiger partial charge in [0, 0.05) is 31.3 Å². The van der Waals surface area contributed by atoms with Crippen molar-refractivity contribution in [1.29, 1.82) is 5.26 Å². The second-order valence-electron chi connectivity index (χ2n) is 8.62. The Kier molecular flexibility index (Phi) is 5.30. The molecule has 9 heteroatoms. The highest BCUT2D eigenvalue weighted by Crippen LogP contribution is 2.34. The van der Waals surface area contributed by atoms with Gasteiger partial charge in [0.1, 0.15) is 11.3 Å². The summed E-state index contributed by atoms with van der Waals surface area (Å²) in [7, 11) is 1.82. The van der Waals surface area contributed by atoms with Crippen molar-refractivity contribution in [3.8, 4) is 6.07 Å². The van der Waals surface area contributed by atoms with E-state index < -0.39 is 0 Å². The third kappa shape index (κ3) is 3.94. The number of pyridine rings is 1. The predicted octanol–water partition coefficient (Wildman–Crippen LogP) is 3.42. The molecular formula is C24H25N7O2. The molecule has 1 saturated heterocycles. The summed E-state index contributed by atoms with van der Waals surface area (Å²) in [4.78, 5) is 22.4. The van der Waals surface area contributed by atoms with Gasteiger partial charge in [-0.15, -0.1) is 0 Å². The second-order valence-corrected chi connectivity index (χ2v) is 8.62. The van der Waals surface area contributed by atoms with Gasteiger partial charge < -0.3 is 14.6 Å². The molecule has 5 rings (SSSR count). The van der Waals surface area contributed by atoms with Gasteiger partial charge in [0.25, 0.3) is 0 Å². The lowest BCUT2D eigenvalue weighted by Gasteiger charge is -2.30. The minimum atomic E-state index is -0.155. The van der Waals surface area contributed by atoms with Gasteiger partial charge in [0.05, 0.1) is 52.8 Å². The van der Waals surface area contributed by atoms with Gasteiger partial charge in [-0.1, -0.05) is 0 Å². The van der Waals surface area contributed by atoms with E-state index in [1.165, 1.54) is 0 Å². The monoisotopic (exact) mass is 443 g/mol. The summed E-state index contributed by atoms with van der Waals surface area (Å²) in [6, 6.07) is 7.83. The van der Waals surface area contributed by atoms with Crippen molar-refractivity contribution in [3.05, 3.63) is 47.7 Å². The SMILES string of the molecule is Cc1nn(C)cc1NC(=O)Cc1nc2cnc3ccc(C#N)cc3c2n1C1CCOC(C)C1. The average Bonchev–Trinajstić information content (AvgIpc) is 3.31. The number of nitriles is 1. The molecule has 0 radical (unpaired) electrons. The van der Waals surface area contributed by atoms with Crippen molar-refractivity contribution in [2.75, 3.05) is 11.9 Å². The normalized spacial score (nSPS) is 18.5. The second kappa shape index (κ2) is 8.30. The molecule has 1 aliphatic rings. The maximum atomic E-state index is 13.0. The zero-order valence-electron chi connectivity index (χ0n) is 18.9. The van der Waals surface area contributed by atoms with Crippen LogP contribution in [0, 0.1) is 18.3 Å². The topological polar surface area (TPSA) is 111 Å². The van der Waals surface area contributed by atoms with Crippen LogP contribution < -0.4 is 5.32 Å². The molecule has 1 N–H and O–H groups in total. The summed E-state index contributed by atoms with van der Waals surface area (Å²) in [5.74, 6) is 0.526. The predicted molar refractivity (Wildman–Crippen MR) is 124 cm³/mol. The Hall–Kier alpha value is -3.77. The van der Waals surface area contributed by atoms with Crippen molar-refractivity contribution >= 4 is 33.5 Å². The Morgan fingerprint density at radius 2 is 2.21 bits per heavy atom. The number of fused-ring (bicyclic) bond motifs is 3. The van der Waals surface area contributed by atoms with Gasteiger partial charge in [-0.25, -0.2) is 4.98 Å². The molecule has 2 atom stereocenters. The zero-order valence-corrected chi connectivity index (χ0v) is 18.9. The molecule has 0 aliphatic carbocycles. The molecular weight excluding hydrogens is 418 g/mol. The van der Waals surface area contributed by atoms with Gasteiger partial charge in [0.2, 0.25) is 5.91 Å². The molecule has 1 fully saturated rings. The molecule has 3 aromatic heterocycles. The first kappa shape index (κ1) is 21.1. The van der Waals surface area contributed by atoms with Crippen LogP contribution in [0.25, 0.3) is 21.9 Å². The van der Waals surface area contributed by atoms with Crippen LogP contribution in [0.1, 0.15) is 42.9 Å². The molecule has 0 bridgehead atoms. The van der Waals surface area contributed by atoms with Crippen LogP contribution in [0.3, 0.4) is 0 Å².